The summed E-state index contributed by atoms with van der Waals surface area (Å²) >= 11 is 5.84. The molecule has 0 amide bonds. The van der Waals surface area contributed by atoms with Crippen LogP contribution >= 0.6 is 11.6 Å². The maximum atomic E-state index is 5.84. The summed E-state index contributed by atoms with van der Waals surface area (Å²) < 4.78 is 5.68. The molecule has 1 atom stereocenters. The van der Waals surface area contributed by atoms with Gasteiger partial charge in [0.15, 0.2) is 5.75 Å². The molecule has 2 aromatic rings. The van der Waals surface area contributed by atoms with Gasteiger partial charge in [0.05, 0.1) is 12.4 Å². The highest BCUT2D eigenvalue weighted by Gasteiger charge is 2.14. The van der Waals surface area contributed by atoms with Gasteiger partial charge in [0, 0.05) is 17.5 Å². The van der Waals surface area contributed by atoms with Crippen LogP contribution in [0.1, 0.15) is 25.1 Å². The van der Waals surface area contributed by atoms with E-state index < -0.39 is 0 Å². The topological polar surface area (TPSA) is 47.0 Å². The Morgan fingerprint density at radius 2 is 1.86 bits per heavy atom. The van der Waals surface area contributed by atoms with Crippen LogP contribution in [0.5, 0.6) is 11.5 Å². The zero-order valence-electron chi connectivity index (χ0n) is 11.8. The van der Waals surface area contributed by atoms with E-state index in [-0.39, 0.29) is 0 Å². The van der Waals surface area contributed by atoms with Crippen LogP contribution in [0.25, 0.3) is 0 Å². The van der Waals surface area contributed by atoms with Gasteiger partial charge in [-0.15, -0.1) is 0 Å². The van der Waals surface area contributed by atoms with Gasteiger partial charge in [-0.25, -0.2) is 9.97 Å². The number of nitrogens with zero attached hydrogens (tertiary/aromatic N) is 2. The molecular weight excluding hydrogens is 286 g/mol. The van der Waals surface area contributed by atoms with E-state index in [9.17, 15) is 0 Å². The molecule has 1 saturated heterocycles. The minimum atomic E-state index is 0.502. The average molecular weight is 304 g/mol. The van der Waals surface area contributed by atoms with Crippen molar-refractivity contribution in [2.75, 3.05) is 6.54 Å². The van der Waals surface area contributed by atoms with Gasteiger partial charge in [0.1, 0.15) is 11.6 Å². The van der Waals surface area contributed by atoms with Crippen LogP contribution in [0.2, 0.25) is 5.02 Å². The van der Waals surface area contributed by atoms with Crippen molar-refractivity contribution < 1.29 is 4.74 Å². The number of rotatable bonds is 4. The Morgan fingerprint density at radius 1 is 1.10 bits per heavy atom. The summed E-state index contributed by atoms with van der Waals surface area (Å²) in [6.07, 6.45) is 8.08. The summed E-state index contributed by atoms with van der Waals surface area (Å²) in [6.45, 7) is 1.10. The summed E-state index contributed by atoms with van der Waals surface area (Å²) in [7, 11) is 0. The van der Waals surface area contributed by atoms with Gasteiger partial charge in [0.2, 0.25) is 0 Å². The first kappa shape index (κ1) is 14.3. The summed E-state index contributed by atoms with van der Waals surface area (Å²) in [5.74, 6) is 2.22. The van der Waals surface area contributed by atoms with Crippen molar-refractivity contribution in [3.8, 4) is 11.5 Å². The van der Waals surface area contributed by atoms with Gasteiger partial charge in [-0.2, -0.15) is 0 Å². The van der Waals surface area contributed by atoms with Gasteiger partial charge < -0.3 is 10.1 Å². The van der Waals surface area contributed by atoms with Crippen molar-refractivity contribution >= 4 is 11.6 Å². The lowest BCUT2D eigenvalue weighted by atomic mass is 10.0. The molecule has 21 heavy (non-hydrogen) atoms. The van der Waals surface area contributed by atoms with Gasteiger partial charge in [-0.05, 0) is 43.7 Å². The van der Waals surface area contributed by atoms with Crippen LogP contribution in [-0.2, 0) is 6.42 Å². The second kappa shape index (κ2) is 6.87. The van der Waals surface area contributed by atoms with E-state index in [1.54, 1.807) is 24.5 Å². The van der Waals surface area contributed by atoms with Gasteiger partial charge in [-0.3, -0.25) is 0 Å². The lowest BCUT2D eigenvalue weighted by Gasteiger charge is -2.22. The third-order valence-corrected chi connectivity index (χ3v) is 3.82. The first-order valence-corrected chi connectivity index (χ1v) is 7.65. The molecule has 1 aromatic heterocycles. The molecule has 4 nitrogen and oxygen atoms in total. The molecule has 1 aliphatic rings. The first-order valence-electron chi connectivity index (χ1n) is 7.27. The largest absolute Gasteiger partial charge is 0.454 e. The van der Waals surface area contributed by atoms with Crippen LogP contribution < -0.4 is 10.1 Å². The van der Waals surface area contributed by atoms with Gasteiger partial charge in [-0.1, -0.05) is 18.0 Å². The minimum Gasteiger partial charge on any atom is -0.454 e. The van der Waals surface area contributed by atoms with E-state index in [0.717, 1.165) is 24.5 Å². The molecule has 1 aromatic carbocycles. The average Bonchev–Trinajstić information content (AvgIpc) is 2.53. The van der Waals surface area contributed by atoms with Gasteiger partial charge >= 0.3 is 0 Å². The van der Waals surface area contributed by atoms with Crippen molar-refractivity contribution in [3.63, 3.8) is 0 Å². The lowest BCUT2D eigenvalue weighted by Crippen LogP contribution is -2.36. The van der Waals surface area contributed by atoms with Crippen LogP contribution in [0.4, 0.5) is 0 Å². The second-order valence-corrected chi connectivity index (χ2v) is 5.68. The number of benzene rings is 1. The fraction of sp³-hybridized carbons (Fsp3) is 0.375. The van der Waals surface area contributed by atoms with Crippen molar-refractivity contribution in [2.24, 2.45) is 0 Å². The summed E-state index contributed by atoms with van der Waals surface area (Å²) in [4.78, 5) is 8.77. The lowest BCUT2D eigenvalue weighted by molar-refractivity contribution is 0.393. The number of piperidine rings is 1. The Labute approximate surface area is 129 Å². The molecule has 0 bridgehead atoms. The minimum absolute atomic E-state index is 0.502. The predicted octanol–water partition coefficient (Wildman–Crippen LogP) is 3.61. The van der Waals surface area contributed by atoms with E-state index in [4.69, 9.17) is 16.3 Å². The predicted molar refractivity (Wildman–Crippen MR) is 82.9 cm³/mol. The molecule has 1 fully saturated rings. The van der Waals surface area contributed by atoms with Crippen molar-refractivity contribution in [1.29, 1.82) is 0 Å². The van der Waals surface area contributed by atoms with E-state index in [1.165, 1.54) is 19.3 Å². The number of aromatic nitrogens is 2. The van der Waals surface area contributed by atoms with Crippen molar-refractivity contribution in [3.05, 3.63) is 47.5 Å². The third kappa shape index (κ3) is 4.16. The number of nitrogens with one attached hydrogen (secondary N) is 1. The molecule has 3 rings (SSSR count). The quantitative estimate of drug-likeness (QED) is 0.937. The fourth-order valence-corrected chi connectivity index (χ4v) is 2.58. The molecule has 110 valence electrons. The van der Waals surface area contributed by atoms with Crippen molar-refractivity contribution in [2.45, 2.75) is 31.7 Å². The third-order valence-electron chi connectivity index (χ3n) is 3.57. The van der Waals surface area contributed by atoms with Crippen LogP contribution in [-0.4, -0.2) is 22.6 Å². The standard InChI is InChI=1S/C16H18ClN3O/c17-12-4-6-14(7-5-12)21-15-10-19-16(20-11-15)9-13-3-1-2-8-18-13/h4-7,10-11,13,18H,1-3,8-9H2. The molecule has 0 aliphatic carbocycles. The maximum absolute atomic E-state index is 5.84. The molecule has 1 N–H and O–H groups in total. The number of ether oxygens (including phenoxy) is 1. The Morgan fingerprint density at radius 3 is 2.52 bits per heavy atom. The summed E-state index contributed by atoms with van der Waals surface area (Å²) in [5, 5.41) is 4.19. The second-order valence-electron chi connectivity index (χ2n) is 5.24. The van der Waals surface area contributed by atoms with Crippen LogP contribution in [0, 0.1) is 0 Å². The highest BCUT2D eigenvalue weighted by atomic mass is 35.5. The van der Waals surface area contributed by atoms with E-state index in [1.807, 2.05) is 12.1 Å². The number of halogens is 1. The Hall–Kier alpha value is -1.65. The van der Waals surface area contributed by atoms with E-state index in [2.05, 4.69) is 15.3 Å². The Kier molecular flexibility index (Phi) is 4.68. The normalized spacial score (nSPS) is 18.4. The molecule has 0 saturated carbocycles. The smallest absolute Gasteiger partial charge is 0.164 e. The van der Waals surface area contributed by atoms with E-state index in [0.29, 0.717) is 16.8 Å². The number of hydrogen-bond acceptors (Lipinski definition) is 4. The van der Waals surface area contributed by atoms with Crippen molar-refractivity contribution in [1.82, 2.24) is 15.3 Å². The molecule has 1 aliphatic heterocycles. The molecular formula is C16H18ClN3O. The number of hydrogen-bond donors (Lipinski definition) is 1. The Bertz CT molecular complexity index is 565. The van der Waals surface area contributed by atoms with Gasteiger partial charge in [0.25, 0.3) is 0 Å². The zero-order chi connectivity index (χ0) is 14.5. The molecule has 0 radical (unpaired) electrons. The summed E-state index contributed by atoms with van der Waals surface area (Å²) in [5.41, 5.74) is 0. The SMILES string of the molecule is Clc1ccc(Oc2cnc(CC3CCCCN3)nc2)cc1. The maximum Gasteiger partial charge on any atom is 0.164 e. The monoisotopic (exact) mass is 303 g/mol. The zero-order valence-corrected chi connectivity index (χ0v) is 12.5. The molecule has 5 heteroatoms. The Balaban J connectivity index is 1.59. The molecule has 2 heterocycles. The van der Waals surface area contributed by atoms with Crippen LogP contribution in [0.3, 0.4) is 0 Å². The molecule has 1 unspecified atom stereocenters. The summed E-state index contributed by atoms with van der Waals surface area (Å²) in [6, 6.07) is 7.73. The highest BCUT2D eigenvalue weighted by molar-refractivity contribution is 6.30. The first-order chi connectivity index (χ1) is 10.3. The van der Waals surface area contributed by atoms with E-state index >= 15 is 0 Å². The molecule has 0 spiro atoms. The fourth-order valence-electron chi connectivity index (χ4n) is 2.46. The highest BCUT2D eigenvalue weighted by Crippen LogP contribution is 2.22. The van der Waals surface area contributed by atoms with Crippen LogP contribution in [0.15, 0.2) is 36.7 Å².